The van der Waals surface area contributed by atoms with Crippen LogP contribution in [0.3, 0.4) is 0 Å². The van der Waals surface area contributed by atoms with Crippen molar-refractivity contribution in [2.24, 2.45) is 11.5 Å². The van der Waals surface area contributed by atoms with E-state index >= 15 is 0 Å². The first-order valence-corrected chi connectivity index (χ1v) is 1.19. The predicted molar refractivity (Wildman–Crippen MR) is 26.7 cm³/mol. The average Bonchev–Trinajstić information content (AvgIpc) is 0.811. The predicted octanol–water partition coefficient (Wildman–Crippen LogP) is -1.19. The molecule has 0 heterocycles. The van der Waals surface area contributed by atoms with Crippen molar-refractivity contribution in [3.8, 4) is 0 Å². The third kappa shape index (κ3) is 129. The Bertz CT molecular complexity index is 32.6. The number of hydrogen-bond donors (Lipinski definition) is 2. The first kappa shape index (κ1) is 9.07. The molecule has 0 aliphatic heterocycles. The van der Waals surface area contributed by atoms with Crippen molar-refractivity contribution in [3.63, 3.8) is 0 Å². The largest absolute Gasteiger partial charge is 0.377 e. The second kappa shape index (κ2) is 4.46. The molecule has 0 aromatic rings. The Morgan fingerprint density at radius 3 is 1.40 bits per heavy atom. The van der Waals surface area contributed by atoms with Gasteiger partial charge in [0.2, 0.25) is 0 Å². The van der Waals surface area contributed by atoms with Crippen LogP contribution in [0.2, 0.25) is 0 Å². The third-order valence-corrected chi connectivity index (χ3v) is 0. The summed E-state index contributed by atoms with van der Waals surface area (Å²) in [6.07, 6.45) is 0. The monoisotopic (exact) mass is 100.0 g/mol. The second-order valence-electron chi connectivity index (χ2n) is 0.402. The van der Waals surface area contributed by atoms with Crippen molar-refractivity contribution in [2.75, 3.05) is 0 Å². The zero-order valence-corrected chi connectivity index (χ0v) is 5.00. The van der Waals surface area contributed by atoms with Gasteiger partial charge in [-0.2, -0.15) is 0 Å². The van der Waals surface area contributed by atoms with Gasteiger partial charge in [-0.15, -0.1) is 0 Å². The van der Waals surface area contributed by atoms with E-state index in [-0.39, 0.29) is 28.2 Å². The molecule has 2 nitrogen and oxygen atoms in total. The summed E-state index contributed by atoms with van der Waals surface area (Å²) in [5.74, 6) is 0. The molecule has 0 spiro atoms. The van der Waals surface area contributed by atoms with Crippen LogP contribution in [0, 0.1) is 0 Å². The van der Waals surface area contributed by atoms with Crippen LogP contribution in [0.5, 0.6) is 0 Å². The summed E-state index contributed by atoms with van der Waals surface area (Å²) in [5, 5.41) is 0.000000000000000222. The average molecular weight is 100 g/mol. The van der Waals surface area contributed by atoms with E-state index in [9.17, 15) is 0 Å². The number of rotatable bonds is 0. The van der Waals surface area contributed by atoms with E-state index in [1.807, 2.05) is 0 Å². The maximum atomic E-state index is 4.62. The van der Waals surface area contributed by atoms with Crippen LogP contribution in [0.25, 0.3) is 0 Å². The minimum absolute atomic E-state index is 0. The zero-order valence-electron chi connectivity index (χ0n) is 2.77. The normalized spacial score (nSPS) is 4.80. The minimum atomic E-state index is 0. The molecule has 4 N–H and O–H groups in total. The SMILES string of the molecule is NC(N)=S.[Mg]. The fraction of sp³-hybridized carbons (Fsp3) is 0. The smallest absolute Gasteiger partial charge is 0.160 e. The Morgan fingerprint density at radius 2 is 1.40 bits per heavy atom. The highest BCUT2D eigenvalue weighted by Gasteiger charge is 1.53. The Morgan fingerprint density at radius 1 is 1.40 bits per heavy atom. The van der Waals surface area contributed by atoms with E-state index in [2.05, 4.69) is 23.7 Å². The van der Waals surface area contributed by atoms with Gasteiger partial charge in [0.25, 0.3) is 0 Å². The molecule has 0 aromatic heterocycles. The van der Waals surface area contributed by atoms with E-state index in [1.54, 1.807) is 0 Å². The molecule has 0 saturated heterocycles. The lowest BCUT2D eigenvalue weighted by Crippen LogP contribution is -2.18. The summed E-state index contributed by atoms with van der Waals surface area (Å²) in [6, 6.07) is 0. The molecule has 0 aromatic carbocycles. The van der Waals surface area contributed by atoms with Crippen LogP contribution in [0.4, 0.5) is 0 Å². The van der Waals surface area contributed by atoms with E-state index in [4.69, 9.17) is 0 Å². The van der Waals surface area contributed by atoms with Crippen molar-refractivity contribution in [3.05, 3.63) is 0 Å². The molecule has 4 heteroatoms. The Hall–Kier alpha value is 0.456. The van der Waals surface area contributed by atoms with Crippen molar-refractivity contribution in [1.29, 1.82) is 0 Å². The van der Waals surface area contributed by atoms with Crippen molar-refractivity contribution >= 4 is 40.4 Å². The molecule has 0 atom stereocenters. The van der Waals surface area contributed by atoms with Gasteiger partial charge in [-0.25, -0.2) is 0 Å². The van der Waals surface area contributed by atoms with E-state index in [1.165, 1.54) is 0 Å². The highest BCUT2D eigenvalue weighted by molar-refractivity contribution is 7.80. The van der Waals surface area contributed by atoms with Crippen LogP contribution in [0.15, 0.2) is 0 Å². The molecule has 0 rings (SSSR count). The lowest BCUT2D eigenvalue weighted by atomic mass is 11.3. The Labute approximate surface area is 52.0 Å². The fourth-order valence-electron chi connectivity index (χ4n) is 0. The summed E-state index contributed by atoms with van der Waals surface area (Å²) in [6.45, 7) is 0. The van der Waals surface area contributed by atoms with Gasteiger partial charge in [-0.1, -0.05) is 0 Å². The molecule has 0 aliphatic carbocycles. The number of hydrogen-bond acceptors (Lipinski definition) is 1. The van der Waals surface area contributed by atoms with Crippen LogP contribution >= 0.6 is 12.2 Å². The highest BCUT2D eigenvalue weighted by Crippen LogP contribution is 1.32. The van der Waals surface area contributed by atoms with Crippen LogP contribution < -0.4 is 11.5 Å². The maximum Gasteiger partial charge on any atom is 0.160 e. The van der Waals surface area contributed by atoms with E-state index in [0.717, 1.165) is 0 Å². The van der Waals surface area contributed by atoms with Gasteiger partial charge in [-0.05, 0) is 12.2 Å². The van der Waals surface area contributed by atoms with Gasteiger partial charge < -0.3 is 11.5 Å². The first-order chi connectivity index (χ1) is 1.73. The van der Waals surface area contributed by atoms with Crippen LogP contribution in [-0.4, -0.2) is 28.2 Å². The fourth-order valence-corrected chi connectivity index (χ4v) is 0. The van der Waals surface area contributed by atoms with Gasteiger partial charge in [0.05, 0.1) is 0 Å². The lowest BCUT2D eigenvalue weighted by molar-refractivity contribution is 1.65. The number of thiocarbonyl (C=S) groups is 1. The minimum Gasteiger partial charge on any atom is -0.377 e. The first-order valence-electron chi connectivity index (χ1n) is 0.781. The van der Waals surface area contributed by atoms with Crippen LogP contribution in [0.1, 0.15) is 0 Å². The van der Waals surface area contributed by atoms with Gasteiger partial charge in [0.15, 0.2) is 5.11 Å². The summed E-state index contributed by atoms with van der Waals surface area (Å²) in [5.41, 5.74) is 9.24. The van der Waals surface area contributed by atoms with Gasteiger partial charge in [0.1, 0.15) is 0 Å². The zero-order chi connectivity index (χ0) is 3.58. The molecule has 0 bridgehead atoms. The molecule has 0 unspecified atom stereocenters. The number of nitrogens with two attached hydrogens (primary N) is 2. The maximum absolute atomic E-state index is 4.62. The van der Waals surface area contributed by atoms with Gasteiger partial charge in [-0.3, -0.25) is 0 Å². The highest BCUT2D eigenvalue weighted by atomic mass is 32.1. The quantitative estimate of drug-likeness (QED) is 0.297. The van der Waals surface area contributed by atoms with E-state index in [0.29, 0.717) is 0 Å². The summed E-state index contributed by atoms with van der Waals surface area (Å²) < 4.78 is 0. The van der Waals surface area contributed by atoms with Crippen LogP contribution in [-0.2, 0) is 0 Å². The Balaban J connectivity index is 0. The summed E-state index contributed by atoms with van der Waals surface area (Å²) >= 11 is 4.09. The van der Waals surface area contributed by atoms with Crippen molar-refractivity contribution in [2.45, 2.75) is 0 Å². The van der Waals surface area contributed by atoms with Crippen molar-refractivity contribution < 1.29 is 0 Å². The van der Waals surface area contributed by atoms with Gasteiger partial charge in [0, 0.05) is 23.1 Å². The summed E-state index contributed by atoms with van der Waals surface area (Å²) in [4.78, 5) is 0. The molecule has 0 aliphatic rings. The summed E-state index contributed by atoms with van der Waals surface area (Å²) in [7, 11) is 0. The van der Waals surface area contributed by atoms with Gasteiger partial charge >= 0.3 is 0 Å². The van der Waals surface area contributed by atoms with Crippen molar-refractivity contribution in [1.82, 2.24) is 0 Å². The standard InChI is InChI=1S/CH4N2S.Mg/c2-1(3)4;/h(H4,2,3,4);. The lowest BCUT2D eigenvalue weighted by Gasteiger charge is -1.68. The Kier molecular flexibility index (Phi) is 8.08. The molecule has 26 valence electrons. The molecule has 0 amide bonds. The molecular weight excluding hydrogens is 96.4 g/mol. The molecule has 5 heavy (non-hydrogen) atoms. The van der Waals surface area contributed by atoms with E-state index < -0.39 is 0 Å². The topological polar surface area (TPSA) is 52.0 Å². The third-order valence-electron chi connectivity index (χ3n) is 0. The molecule has 0 saturated carbocycles. The molecular formula is CH4MgN2S. The molecule has 2 radical (unpaired) electrons. The molecule has 0 fully saturated rings. The second-order valence-corrected chi connectivity index (χ2v) is 0.874.